The molecule has 0 radical (unpaired) electrons. The minimum atomic E-state index is -0.436. The van der Waals surface area contributed by atoms with Crippen LogP contribution in [-0.2, 0) is 0 Å². The maximum atomic E-state index is 10.5. The first kappa shape index (κ1) is 13.8. The van der Waals surface area contributed by atoms with Crippen LogP contribution >= 0.6 is 11.9 Å². The molecule has 0 aromatic heterocycles. The second kappa shape index (κ2) is 6.50. The summed E-state index contributed by atoms with van der Waals surface area (Å²) in [6, 6.07) is 15.3. The third-order valence-electron chi connectivity index (χ3n) is 2.45. The van der Waals surface area contributed by atoms with Crippen molar-refractivity contribution in [1.82, 2.24) is 0 Å². The van der Waals surface area contributed by atoms with Crippen LogP contribution in [0.1, 0.15) is 11.1 Å². The minimum Gasteiger partial charge on any atom is -0.258 e. The molecule has 2 rings (SSSR count). The van der Waals surface area contributed by atoms with Gasteiger partial charge < -0.3 is 0 Å². The van der Waals surface area contributed by atoms with Gasteiger partial charge in [-0.3, -0.25) is 10.1 Å². The lowest BCUT2D eigenvalue weighted by Crippen LogP contribution is -1.86. The fourth-order valence-corrected chi connectivity index (χ4v) is 1.97. The van der Waals surface area contributed by atoms with Gasteiger partial charge in [-0.05, 0) is 29.8 Å². The summed E-state index contributed by atoms with van der Waals surface area (Å²) >= 11 is 1.23. The first-order valence-corrected chi connectivity index (χ1v) is 6.41. The van der Waals surface area contributed by atoms with E-state index in [0.717, 1.165) is 10.5 Å². The molecule has 0 fully saturated rings. The van der Waals surface area contributed by atoms with Crippen molar-refractivity contribution < 1.29 is 4.92 Å². The zero-order valence-electron chi connectivity index (χ0n) is 10.3. The monoisotopic (exact) mass is 283 g/mol. The fourth-order valence-electron chi connectivity index (χ4n) is 1.42. The number of non-ortho nitro benzene ring substituents is 1. The Bertz CT molecular complexity index is 673. The van der Waals surface area contributed by atoms with Crippen molar-refractivity contribution >= 4 is 23.8 Å². The topological polar surface area (TPSA) is 79.3 Å². The average molecular weight is 283 g/mol. The quantitative estimate of drug-likeness (QED) is 0.371. The molecule has 0 bridgehead atoms. The summed E-state index contributed by atoms with van der Waals surface area (Å²) in [4.78, 5) is 10.9. The predicted molar refractivity (Wildman–Crippen MR) is 77.7 cm³/mol. The fraction of sp³-hybridized carbons (Fsp3) is 0. The van der Waals surface area contributed by atoms with Gasteiger partial charge in [0, 0.05) is 35.2 Å². The third kappa shape index (κ3) is 3.67. The highest BCUT2D eigenvalue weighted by Crippen LogP contribution is 2.22. The Morgan fingerprint density at radius 2 is 1.80 bits per heavy atom. The van der Waals surface area contributed by atoms with E-state index in [1.54, 1.807) is 42.6 Å². The van der Waals surface area contributed by atoms with Crippen LogP contribution in [0.15, 0.2) is 57.8 Å². The van der Waals surface area contributed by atoms with E-state index >= 15 is 0 Å². The molecule has 20 heavy (non-hydrogen) atoms. The van der Waals surface area contributed by atoms with Gasteiger partial charge in [0.1, 0.15) is 0 Å². The maximum Gasteiger partial charge on any atom is 0.269 e. The summed E-state index contributed by atoms with van der Waals surface area (Å²) in [5, 5.41) is 19.2. The first-order chi connectivity index (χ1) is 9.69. The largest absolute Gasteiger partial charge is 0.269 e. The summed E-state index contributed by atoms with van der Waals surface area (Å²) in [6.45, 7) is 0. The zero-order valence-corrected chi connectivity index (χ0v) is 11.1. The number of benzene rings is 2. The highest BCUT2D eigenvalue weighted by Gasteiger charge is 2.03. The van der Waals surface area contributed by atoms with Crippen molar-refractivity contribution in [3.05, 3.63) is 69.8 Å². The SMILES string of the molecule is N#Cc1ccc(/C=N/Sc2ccc([N+](=O)[O-])cc2)cc1. The Labute approximate surface area is 119 Å². The second-order valence-corrected chi connectivity index (χ2v) is 4.68. The molecule has 0 N–H and O–H groups in total. The summed E-state index contributed by atoms with van der Waals surface area (Å²) in [7, 11) is 0. The van der Waals surface area contributed by atoms with Crippen molar-refractivity contribution in [2.24, 2.45) is 4.40 Å². The number of nitrogens with zero attached hydrogens (tertiary/aromatic N) is 3. The summed E-state index contributed by atoms with van der Waals surface area (Å²) in [6.07, 6.45) is 1.67. The van der Waals surface area contributed by atoms with Gasteiger partial charge in [-0.2, -0.15) is 5.26 Å². The van der Waals surface area contributed by atoms with E-state index in [2.05, 4.69) is 4.40 Å². The van der Waals surface area contributed by atoms with Crippen LogP contribution in [0.5, 0.6) is 0 Å². The molecular weight excluding hydrogens is 274 g/mol. The molecular formula is C14H9N3O2S. The lowest BCUT2D eigenvalue weighted by molar-refractivity contribution is -0.384. The van der Waals surface area contributed by atoms with Crippen LogP contribution < -0.4 is 0 Å². The predicted octanol–water partition coefficient (Wildman–Crippen LogP) is 3.59. The molecule has 0 saturated carbocycles. The van der Waals surface area contributed by atoms with E-state index in [1.807, 2.05) is 6.07 Å². The van der Waals surface area contributed by atoms with Crippen molar-refractivity contribution in [1.29, 1.82) is 5.26 Å². The average Bonchev–Trinajstić information content (AvgIpc) is 2.48. The normalized spacial score (nSPS) is 10.3. The van der Waals surface area contributed by atoms with Crippen LogP contribution in [0.3, 0.4) is 0 Å². The maximum absolute atomic E-state index is 10.5. The smallest absolute Gasteiger partial charge is 0.258 e. The summed E-state index contributed by atoms with van der Waals surface area (Å²) in [5.74, 6) is 0. The van der Waals surface area contributed by atoms with E-state index in [9.17, 15) is 10.1 Å². The molecule has 0 saturated heterocycles. The standard InChI is InChI=1S/C14H9N3O2S/c15-9-11-1-3-12(4-2-11)10-16-20-14-7-5-13(6-8-14)17(18)19/h1-8,10H/b16-10+. The number of nitro benzene ring substituents is 1. The van der Waals surface area contributed by atoms with Gasteiger partial charge in [0.15, 0.2) is 0 Å². The Balaban J connectivity index is 1.98. The lowest BCUT2D eigenvalue weighted by Gasteiger charge is -1.95. The number of nitriles is 1. The van der Waals surface area contributed by atoms with Crippen LogP contribution in [0.2, 0.25) is 0 Å². The van der Waals surface area contributed by atoms with Crippen molar-refractivity contribution in [2.75, 3.05) is 0 Å². The van der Waals surface area contributed by atoms with Crippen molar-refractivity contribution in [2.45, 2.75) is 4.90 Å². The van der Waals surface area contributed by atoms with Gasteiger partial charge in [0.25, 0.3) is 5.69 Å². The van der Waals surface area contributed by atoms with Crippen LogP contribution in [0, 0.1) is 21.4 Å². The van der Waals surface area contributed by atoms with Gasteiger partial charge in [0.05, 0.1) is 16.6 Å². The second-order valence-electron chi connectivity index (χ2n) is 3.81. The number of nitro groups is 1. The van der Waals surface area contributed by atoms with Gasteiger partial charge in [-0.15, -0.1) is 0 Å². The van der Waals surface area contributed by atoms with E-state index in [1.165, 1.54) is 24.1 Å². The lowest BCUT2D eigenvalue weighted by atomic mass is 10.2. The minimum absolute atomic E-state index is 0.0606. The van der Waals surface area contributed by atoms with Crippen molar-refractivity contribution in [3.8, 4) is 6.07 Å². The number of hydrogen-bond acceptors (Lipinski definition) is 5. The molecule has 5 nitrogen and oxygen atoms in total. The molecule has 0 heterocycles. The molecule has 0 atom stereocenters. The molecule has 0 aliphatic rings. The summed E-state index contributed by atoms with van der Waals surface area (Å²) < 4.78 is 4.18. The number of hydrogen-bond donors (Lipinski definition) is 0. The molecule has 6 heteroatoms. The number of rotatable bonds is 4. The Kier molecular flexibility index (Phi) is 4.47. The Hall–Kier alpha value is -2.65. The molecule has 0 amide bonds. The zero-order chi connectivity index (χ0) is 14.4. The molecule has 2 aromatic rings. The summed E-state index contributed by atoms with van der Waals surface area (Å²) in [5.41, 5.74) is 1.55. The highest BCUT2D eigenvalue weighted by atomic mass is 32.2. The van der Waals surface area contributed by atoms with Crippen LogP contribution in [0.4, 0.5) is 5.69 Å². The molecule has 0 aliphatic carbocycles. The molecule has 98 valence electrons. The van der Waals surface area contributed by atoms with Gasteiger partial charge in [-0.1, -0.05) is 12.1 Å². The van der Waals surface area contributed by atoms with Crippen LogP contribution in [-0.4, -0.2) is 11.1 Å². The highest BCUT2D eigenvalue weighted by molar-refractivity contribution is 7.98. The Morgan fingerprint density at radius 1 is 1.15 bits per heavy atom. The van der Waals surface area contributed by atoms with Gasteiger partial charge in [-0.25, -0.2) is 4.40 Å². The molecule has 0 unspecified atom stereocenters. The molecule has 2 aromatic carbocycles. The Morgan fingerprint density at radius 3 is 2.35 bits per heavy atom. The molecule has 0 aliphatic heterocycles. The van der Waals surface area contributed by atoms with E-state index < -0.39 is 4.92 Å². The van der Waals surface area contributed by atoms with E-state index in [4.69, 9.17) is 5.26 Å². The van der Waals surface area contributed by atoms with Gasteiger partial charge >= 0.3 is 0 Å². The van der Waals surface area contributed by atoms with Crippen LogP contribution in [0.25, 0.3) is 0 Å². The van der Waals surface area contributed by atoms with Crippen molar-refractivity contribution in [3.63, 3.8) is 0 Å². The van der Waals surface area contributed by atoms with Gasteiger partial charge in [0.2, 0.25) is 0 Å². The van der Waals surface area contributed by atoms with E-state index in [-0.39, 0.29) is 5.69 Å². The molecule has 0 spiro atoms. The van der Waals surface area contributed by atoms with E-state index in [0.29, 0.717) is 5.56 Å². The first-order valence-electron chi connectivity index (χ1n) is 5.64. The third-order valence-corrected chi connectivity index (χ3v) is 3.14.